The zero-order valence-corrected chi connectivity index (χ0v) is 9.21. The number of hydrogen-bond donors (Lipinski definition) is 2. The number of benzene rings is 1. The van der Waals surface area contributed by atoms with Gasteiger partial charge in [0.25, 0.3) is 0 Å². The van der Waals surface area contributed by atoms with E-state index >= 15 is 0 Å². The Morgan fingerprint density at radius 1 is 1.31 bits per heavy atom. The normalized spacial score (nSPS) is 14.0. The van der Waals surface area contributed by atoms with E-state index in [-0.39, 0.29) is 0 Å². The van der Waals surface area contributed by atoms with Crippen molar-refractivity contribution in [1.29, 1.82) is 0 Å². The third-order valence-electron chi connectivity index (χ3n) is 2.27. The molecule has 2 atom stereocenters. The molecule has 0 aliphatic rings. The minimum atomic E-state index is -1.08. The molecule has 1 aromatic carbocycles. The van der Waals surface area contributed by atoms with E-state index in [1.807, 2.05) is 0 Å². The average molecular weight is 225 g/mol. The van der Waals surface area contributed by atoms with Crippen LogP contribution in [0.3, 0.4) is 0 Å². The summed E-state index contributed by atoms with van der Waals surface area (Å²) in [5.41, 5.74) is 6.06. The number of nitrogens with two attached hydrogens (primary N) is 1. The van der Waals surface area contributed by atoms with Crippen LogP contribution in [0.2, 0.25) is 0 Å². The first kappa shape index (κ1) is 12.5. The van der Waals surface area contributed by atoms with Crippen molar-refractivity contribution in [3.63, 3.8) is 0 Å². The van der Waals surface area contributed by atoms with Gasteiger partial charge in [-0.3, -0.25) is 4.79 Å². The van der Waals surface area contributed by atoms with Crippen LogP contribution >= 0.6 is 0 Å². The monoisotopic (exact) mass is 225 g/mol. The van der Waals surface area contributed by atoms with Gasteiger partial charge in [0.1, 0.15) is 17.9 Å². The Morgan fingerprint density at radius 3 is 2.31 bits per heavy atom. The number of aliphatic hydroxyl groups excluding tert-OH is 1. The molecule has 1 aromatic rings. The first-order valence-corrected chi connectivity index (χ1v) is 4.75. The number of carbonyl (C=O) groups is 1. The molecule has 0 heterocycles. The van der Waals surface area contributed by atoms with Crippen LogP contribution in [0.5, 0.6) is 5.75 Å². The summed E-state index contributed by atoms with van der Waals surface area (Å²) < 4.78 is 9.42. The van der Waals surface area contributed by atoms with Gasteiger partial charge in [-0.15, -0.1) is 0 Å². The molecular formula is C11H15NO4. The van der Waals surface area contributed by atoms with Crippen molar-refractivity contribution in [1.82, 2.24) is 0 Å². The van der Waals surface area contributed by atoms with E-state index in [4.69, 9.17) is 10.5 Å². The SMILES string of the molecule is COC(=O)[C@@H](N)[C@@H](O)c1ccc(OC)cc1. The number of aliphatic hydroxyl groups is 1. The number of rotatable bonds is 4. The molecule has 0 aliphatic heterocycles. The number of esters is 1. The number of methoxy groups -OCH3 is 2. The molecular weight excluding hydrogens is 210 g/mol. The van der Waals surface area contributed by atoms with Crippen molar-refractivity contribution in [3.05, 3.63) is 29.8 Å². The molecule has 0 saturated heterocycles. The second kappa shape index (κ2) is 5.48. The summed E-state index contributed by atoms with van der Waals surface area (Å²) in [7, 11) is 2.77. The lowest BCUT2D eigenvalue weighted by atomic mass is 10.0. The van der Waals surface area contributed by atoms with Gasteiger partial charge in [-0.2, -0.15) is 0 Å². The quantitative estimate of drug-likeness (QED) is 0.717. The van der Waals surface area contributed by atoms with Crippen LogP contribution in [0.25, 0.3) is 0 Å². The van der Waals surface area contributed by atoms with Crippen LogP contribution < -0.4 is 10.5 Å². The Balaban J connectivity index is 2.79. The summed E-state index contributed by atoms with van der Waals surface area (Å²) in [6.45, 7) is 0. The van der Waals surface area contributed by atoms with Crippen LogP contribution in [0.15, 0.2) is 24.3 Å². The maximum Gasteiger partial charge on any atom is 0.325 e. The van der Waals surface area contributed by atoms with Crippen LogP contribution in [0, 0.1) is 0 Å². The lowest BCUT2D eigenvalue weighted by Gasteiger charge is -2.17. The summed E-state index contributed by atoms with van der Waals surface area (Å²) in [5.74, 6) is 0.0194. The maximum atomic E-state index is 11.1. The largest absolute Gasteiger partial charge is 0.497 e. The molecule has 0 amide bonds. The van der Waals surface area contributed by atoms with Crippen LogP contribution in [0.4, 0.5) is 0 Å². The molecule has 0 fully saturated rings. The van der Waals surface area contributed by atoms with E-state index in [0.717, 1.165) is 0 Å². The molecule has 0 radical (unpaired) electrons. The summed E-state index contributed by atoms with van der Waals surface area (Å²) in [5, 5.41) is 9.79. The lowest BCUT2D eigenvalue weighted by molar-refractivity contribution is -0.145. The number of hydrogen-bond acceptors (Lipinski definition) is 5. The second-order valence-electron chi connectivity index (χ2n) is 3.27. The van der Waals surface area contributed by atoms with Crippen molar-refractivity contribution < 1.29 is 19.4 Å². The van der Waals surface area contributed by atoms with E-state index < -0.39 is 18.1 Å². The van der Waals surface area contributed by atoms with Gasteiger partial charge in [-0.05, 0) is 17.7 Å². The topological polar surface area (TPSA) is 81.8 Å². The number of carbonyl (C=O) groups excluding carboxylic acids is 1. The van der Waals surface area contributed by atoms with E-state index in [1.54, 1.807) is 31.4 Å². The summed E-state index contributed by atoms with van der Waals surface area (Å²) in [6, 6.07) is 5.57. The van der Waals surface area contributed by atoms with Crippen molar-refractivity contribution in [2.24, 2.45) is 5.73 Å². The van der Waals surface area contributed by atoms with Gasteiger partial charge in [-0.25, -0.2) is 0 Å². The van der Waals surface area contributed by atoms with Crippen molar-refractivity contribution in [3.8, 4) is 5.75 Å². The highest BCUT2D eigenvalue weighted by molar-refractivity contribution is 5.76. The lowest BCUT2D eigenvalue weighted by Crippen LogP contribution is -2.37. The molecule has 0 aliphatic carbocycles. The van der Waals surface area contributed by atoms with Gasteiger partial charge in [0.2, 0.25) is 0 Å². The summed E-state index contributed by atoms with van der Waals surface area (Å²) in [6.07, 6.45) is -1.08. The van der Waals surface area contributed by atoms with Gasteiger partial charge in [-0.1, -0.05) is 12.1 Å². The molecule has 0 saturated carbocycles. The Morgan fingerprint density at radius 2 is 1.88 bits per heavy atom. The first-order valence-electron chi connectivity index (χ1n) is 4.75. The summed E-state index contributed by atoms with van der Waals surface area (Å²) >= 11 is 0. The zero-order valence-electron chi connectivity index (χ0n) is 9.21. The molecule has 0 aromatic heterocycles. The molecule has 0 unspecified atom stereocenters. The second-order valence-corrected chi connectivity index (χ2v) is 3.27. The zero-order chi connectivity index (χ0) is 12.1. The predicted octanol–water partition coefficient (Wildman–Crippen LogP) is 0.229. The predicted molar refractivity (Wildman–Crippen MR) is 57.9 cm³/mol. The highest BCUT2D eigenvalue weighted by atomic mass is 16.5. The fourth-order valence-electron chi connectivity index (χ4n) is 1.27. The molecule has 1 rings (SSSR count). The Kier molecular flexibility index (Phi) is 4.28. The van der Waals surface area contributed by atoms with Crippen LogP contribution in [0.1, 0.15) is 11.7 Å². The maximum absolute atomic E-state index is 11.1. The van der Waals surface area contributed by atoms with Crippen LogP contribution in [-0.4, -0.2) is 31.3 Å². The standard InChI is InChI=1S/C11H15NO4/c1-15-8-5-3-7(4-6-8)10(13)9(12)11(14)16-2/h3-6,9-10,13H,12H2,1-2H3/t9-,10-/m0/s1. The number of ether oxygens (including phenoxy) is 2. The molecule has 0 bridgehead atoms. The Hall–Kier alpha value is -1.59. The minimum Gasteiger partial charge on any atom is -0.497 e. The fourth-order valence-corrected chi connectivity index (χ4v) is 1.27. The molecule has 5 nitrogen and oxygen atoms in total. The van der Waals surface area contributed by atoms with Gasteiger partial charge in [0.15, 0.2) is 0 Å². The van der Waals surface area contributed by atoms with Gasteiger partial charge < -0.3 is 20.3 Å². The Bertz CT molecular complexity index is 350. The van der Waals surface area contributed by atoms with Gasteiger partial charge in [0, 0.05) is 0 Å². The third-order valence-corrected chi connectivity index (χ3v) is 2.27. The molecule has 5 heteroatoms. The third kappa shape index (κ3) is 2.71. The summed E-state index contributed by atoms with van der Waals surface area (Å²) in [4.78, 5) is 11.1. The Labute approximate surface area is 93.8 Å². The highest BCUT2D eigenvalue weighted by Crippen LogP contribution is 2.19. The fraction of sp³-hybridized carbons (Fsp3) is 0.364. The van der Waals surface area contributed by atoms with Crippen molar-refractivity contribution in [2.75, 3.05) is 14.2 Å². The smallest absolute Gasteiger partial charge is 0.325 e. The van der Waals surface area contributed by atoms with Crippen molar-refractivity contribution in [2.45, 2.75) is 12.1 Å². The minimum absolute atomic E-state index is 0.540. The highest BCUT2D eigenvalue weighted by Gasteiger charge is 2.24. The average Bonchev–Trinajstić information content (AvgIpc) is 2.36. The van der Waals surface area contributed by atoms with Crippen molar-refractivity contribution >= 4 is 5.97 Å². The van der Waals surface area contributed by atoms with Gasteiger partial charge in [0.05, 0.1) is 14.2 Å². The van der Waals surface area contributed by atoms with E-state index in [0.29, 0.717) is 11.3 Å². The van der Waals surface area contributed by atoms with Crippen LogP contribution in [-0.2, 0) is 9.53 Å². The van der Waals surface area contributed by atoms with E-state index in [2.05, 4.69) is 4.74 Å². The van der Waals surface area contributed by atoms with E-state index in [1.165, 1.54) is 7.11 Å². The van der Waals surface area contributed by atoms with E-state index in [9.17, 15) is 9.90 Å². The molecule has 88 valence electrons. The first-order chi connectivity index (χ1) is 7.60. The van der Waals surface area contributed by atoms with Gasteiger partial charge >= 0.3 is 5.97 Å². The molecule has 3 N–H and O–H groups in total. The molecule has 0 spiro atoms. The molecule has 16 heavy (non-hydrogen) atoms.